The zero-order chi connectivity index (χ0) is 11.7. The monoisotopic (exact) mass is 234 g/mol. The first-order valence-corrected chi connectivity index (χ1v) is 6.03. The lowest BCUT2D eigenvalue weighted by Crippen LogP contribution is -2.14. The second-order valence-corrected chi connectivity index (χ2v) is 4.45. The summed E-state index contributed by atoms with van der Waals surface area (Å²) in [4.78, 5) is 9.82. The van der Waals surface area contributed by atoms with Crippen LogP contribution in [0.5, 0.6) is 0 Å². The van der Waals surface area contributed by atoms with Gasteiger partial charge in [-0.2, -0.15) is 8.42 Å². The maximum Gasteiger partial charge on any atom is 0.293 e. The van der Waals surface area contributed by atoms with Crippen molar-refractivity contribution in [3.8, 4) is 11.8 Å². The van der Waals surface area contributed by atoms with Gasteiger partial charge in [-0.05, 0) is 19.8 Å². The highest BCUT2D eigenvalue weighted by Crippen LogP contribution is 2.08. The van der Waals surface area contributed by atoms with Crippen molar-refractivity contribution < 1.29 is 22.5 Å². The number of carbonyl (C=O) groups excluding carboxylic acids is 1. The van der Waals surface area contributed by atoms with Gasteiger partial charge in [0.1, 0.15) is 0 Å². The van der Waals surface area contributed by atoms with E-state index in [0.717, 1.165) is 0 Å². The van der Waals surface area contributed by atoms with E-state index in [0.29, 0.717) is 19.3 Å². The molecule has 0 aliphatic heterocycles. The molecule has 0 rings (SSSR count). The van der Waals surface area contributed by atoms with Crippen molar-refractivity contribution >= 4 is 16.6 Å². The Kier molecular flexibility index (Phi) is 6.75. The van der Waals surface area contributed by atoms with Crippen LogP contribution in [0.1, 0.15) is 19.8 Å². The fourth-order valence-electron chi connectivity index (χ4n) is 1.12. The summed E-state index contributed by atoms with van der Waals surface area (Å²) in [6.45, 7) is 2.17. The van der Waals surface area contributed by atoms with Crippen LogP contribution in [0.25, 0.3) is 0 Å². The fraction of sp³-hybridized carbons (Fsp3) is 0.667. The smallest absolute Gasteiger partial charge is 0.293 e. The average molecular weight is 234 g/mol. The Balaban J connectivity index is 4.04. The van der Waals surface area contributed by atoms with E-state index in [-0.39, 0.29) is 12.4 Å². The maximum atomic E-state index is 10.6. The predicted octanol–water partition coefficient (Wildman–Crippen LogP) is 0.467. The highest BCUT2D eigenvalue weighted by atomic mass is 32.2. The minimum absolute atomic E-state index is 0.233. The second-order valence-electron chi connectivity index (χ2n) is 2.95. The summed E-state index contributed by atoms with van der Waals surface area (Å²) in [5.41, 5.74) is 0. The van der Waals surface area contributed by atoms with Crippen LogP contribution in [0, 0.1) is 17.8 Å². The van der Waals surface area contributed by atoms with Gasteiger partial charge < -0.3 is 4.74 Å². The van der Waals surface area contributed by atoms with Crippen LogP contribution < -0.4 is 0 Å². The number of ether oxygens (including phenoxy) is 1. The summed E-state index contributed by atoms with van der Waals surface area (Å²) < 4.78 is 34.3. The van der Waals surface area contributed by atoms with Gasteiger partial charge in [-0.3, -0.25) is 9.35 Å². The van der Waals surface area contributed by atoms with E-state index in [1.807, 2.05) is 0 Å². The summed E-state index contributed by atoms with van der Waals surface area (Å²) in [6.07, 6.45) is 0.988. The van der Waals surface area contributed by atoms with Gasteiger partial charge >= 0.3 is 0 Å². The van der Waals surface area contributed by atoms with E-state index in [1.165, 1.54) is 0 Å². The van der Waals surface area contributed by atoms with Crippen LogP contribution in [-0.2, 0) is 19.6 Å². The van der Waals surface area contributed by atoms with Crippen molar-refractivity contribution in [1.29, 1.82) is 0 Å². The molecule has 6 heteroatoms. The molecule has 0 aromatic heterocycles. The summed E-state index contributed by atoms with van der Waals surface area (Å²) in [6, 6.07) is 0. The van der Waals surface area contributed by atoms with Crippen LogP contribution in [0.15, 0.2) is 0 Å². The largest absolute Gasteiger partial charge is 0.468 e. The summed E-state index contributed by atoms with van der Waals surface area (Å²) in [5.74, 6) is 4.48. The molecule has 0 saturated carbocycles. The van der Waals surface area contributed by atoms with E-state index >= 15 is 0 Å². The van der Waals surface area contributed by atoms with Gasteiger partial charge in [0, 0.05) is 5.92 Å². The minimum atomic E-state index is -4.00. The third kappa shape index (κ3) is 9.25. The lowest BCUT2D eigenvalue weighted by molar-refractivity contribution is -0.128. The van der Waals surface area contributed by atoms with Crippen molar-refractivity contribution in [2.75, 3.05) is 12.4 Å². The Morgan fingerprint density at radius 1 is 1.53 bits per heavy atom. The lowest BCUT2D eigenvalue weighted by Gasteiger charge is -2.07. The van der Waals surface area contributed by atoms with Gasteiger partial charge in [-0.25, -0.2) is 0 Å². The van der Waals surface area contributed by atoms with Gasteiger partial charge in [0.15, 0.2) is 0 Å². The minimum Gasteiger partial charge on any atom is -0.468 e. The van der Waals surface area contributed by atoms with E-state index in [2.05, 4.69) is 16.6 Å². The predicted molar refractivity (Wildman–Crippen MR) is 54.6 cm³/mol. The van der Waals surface area contributed by atoms with Crippen LogP contribution in [0.2, 0.25) is 0 Å². The Labute approximate surface area is 89.6 Å². The first kappa shape index (κ1) is 13.9. The molecule has 0 aromatic carbocycles. The third-order valence-electron chi connectivity index (χ3n) is 1.64. The molecule has 15 heavy (non-hydrogen) atoms. The summed E-state index contributed by atoms with van der Waals surface area (Å²) in [5, 5.41) is 0. The Hall–Kier alpha value is -1.06. The van der Waals surface area contributed by atoms with Crippen LogP contribution in [0.4, 0.5) is 0 Å². The molecule has 0 spiro atoms. The van der Waals surface area contributed by atoms with Gasteiger partial charge in [0.2, 0.25) is 0 Å². The quantitative estimate of drug-likeness (QED) is 0.300. The SMILES string of the molecule is CC#CC(CCCOC=O)CS(=O)(=O)O. The fourth-order valence-corrected chi connectivity index (χ4v) is 1.88. The first-order valence-electron chi connectivity index (χ1n) is 4.42. The Morgan fingerprint density at radius 3 is 2.67 bits per heavy atom. The zero-order valence-corrected chi connectivity index (χ0v) is 9.29. The molecule has 0 aliphatic carbocycles. The molecule has 0 aromatic rings. The van der Waals surface area contributed by atoms with E-state index in [1.54, 1.807) is 6.92 Å². The van der Waals surface area contributed by atoms with Crippen molar-refractivity contribution in [2.45, 2.75) is 19.8 Å². The normalized spacial score (nSPS) is 12.4. The summed E-state index contributed by atoms with van der Waals surface area (Å²) >= 11 is 0. The van der Waals surface area contributed by atoms with Crippen molar-refractivity contribution in [2.24, 2.45) is 5.92 Å². The third-order valence-corrected chi connectivity index (χ3v) is 2.47. The second kappa shape index (κ2) is 7.26. The standard InChI is InChI=1S/C9H14O5S/c1-2-4-9(7-15(11,12)13)5-3-6-14-8-10/h8-9H,3,5-7H2,1H3,(H,11,12,13). The molecule has 0 bridgehead atoms. The Morgan fingerprint density at radius 2 is 2.20 bits per heavy atom. The van der Waals surface area contributed by atoms with Crippen LogP contribution >= 0.6 is 0 Å². The molecule has 0 aliphatic rings. The van der Waals surface area contributed by atoms with Gasteiger partial charge in [0.25, 0.3) is 16.6 Å². The number of carbonyl (C=O) groups is 1. The maximum absolute atomic E-state index is 10.6. The van der Waals surface area contributed by atoms with Crippen LogP contribution in [-0.4, -0.2) is 31.8 Å². The molecule has 0 heterocycles. The lowest BCUT2D eigenvalue weighted by atomic mass is 10.1. The molecule has 1 atom stereocenters. The molecular formula is C9H14O5S. The molecule has 0 saturated heterocycles. The van der Waals surface area contributed by atoms with Gasteiger partial charge in [-0.15, -0.1) is 5.92 Å². The van der Waals surface area contributed by atoms with Gasteiger partial charge in [0.05, 0.1) is 12.4 Å². The molecular weight excluding hydrogens is 220 g/mol. The molecule has 0 radical (unpaired) electrons. The highest BCUT2D eigenvalue weighted by Gasteiger charge is 2.14. The first-order chi connectivity index (χ1) is 6.99. The van der Waals surface area contributed by atoms with Crippen molar-refractivity contribution in [3.05, 3.63) is 0 Å². The zero-order valence-electron chi connectivity index (χ0n) is 8.47. The number of hydrogen-bond acceptors (Lipinski definition) is 4. The molecule has 1 unspecified atom stereocenters. The average Bonchev–Trinajstić information content (AvgIpc) is 2.10. The van der Waals surface area contributed by atoms with Crippen molar-refractivity contribution in [3.63, 3.8) is 0 Å². The molecule has 86 valence electrons. The van der Waals surface area contributed by atoms with E-state index in [9.17, 15) is 13.2 Å². The molecule has 1 N–H and O–H groups in total. The number of hydrogen-bond donors (Lipinski definition) is 1. The number of rotatable bonds is 7. The summed E-state index contributed by atoms with van der Waals surface area (Å²) in [7, 11) is -4.00. The van der Waals surface area contributed by atoms with E-state index in [4.69, 9.17) is 4.55 Å². The topological polar surface area (TPSA) is 80.7 Å². The van der Waals surface area contributed by atoms with Crippen LogP contribution in [0.3, 0.4) is 0 Å². The molecule has 0 amide bonds. The molecule has 0 fully saturated rings. The molecule has 5 nitrogen and oxygen atoms in total. The highest BCUT2D eigenvalue weighted by molar-refractivity contribution is 7.85. The Bertz CT molecular complexity index is 335. The van der Waals surface area contributed by atoms with E-state index < -0.39 is 16.0 Å². The van der Waals surface area contributed by atoms with Gasteiger partial charge in [-0.1, -0.05) is 5.92 Å². The van der Waals surface area contributed by atoms with Crippen molar-refractivity contribution in [1.82, 2.24) is 0 Å².